The molecule has 1 aliphatic rings. The first-order valence-electron chi connectivity index (χ1n) is 11.4. The van der Waals surface area contributed by atoms with Crippen molar-refractivity contribution in [3.8, 4) is 0 Å². The zero-order valence-corrected chi connectivity index (χ0v) is 22.0. The van der Waals surface area contributed by atoms with Crippen molar-refractivity contribution >= 4 is 38.5 Å². The molecule has 0 unspecified atom stereocenters. The van der Waals surface area contributed by atoms with Gasteiger partial charge in [0.15, 0.2) is 0 Å². The number of hydrogen-bond acceptors (Lipinski definition) is 3. The molecule has 29 heavy (non-hydrogen) atoms. The van der Waals surface area contributed by atoms with Crippen LogP contribution in [-0.2, 0) is 13.1 Å². The van der Waals surface area contributed by atoms with E-state index >= 15 is 0 Å². The third-order valence-electron chi connectivity index (χ3n) is 6.33. The predicted molar refractivity (Wildman–Crippen MR) is 127 cm³/mol. The van der Waals surface area contributed by atoms with E-state index in [-0.39, 0.29) is 5.91 Å². The Hall–Kier alpha value is -0.881. The fraction of sp³-hybridized carbons (Fsp3) is 0.583. The van der Waals surface area contributed by atoms with Crippen molar-refractivity contribution in [2.24, 2.45) is 0 Å². The Bertz CT molecular complexity index is 768. The molecule has 2 aromatic heterocycles. The summed E-state index contributed by atoms with van der Waals surface area (Å²) in [5, 5.41) is 0. The average Bonchev–Trinajstić information content (AvgIpc) is 3.29. The van der Waals surface area contributed by atoms with Crippen LogP contribution in [0.15, 0.2) is 30.6 Å². The summed E-state index contributed by atoms with van der Waals surface area (Å²) >= 11 is -0.411. The van der Waals surface area contributed by atoms with E-state index in [1.165, 1.54) is 56.7 Å². The van der Waals surface area contributed by atoms with Gasteiger partial charge in [0.05, 0.1) is 0 Å². The molecule has 1 amide bonds. The van der Waals surface area contributed by atoms with Crippen molar-refractivity contribution in [3.63, 3.8) is 0 Å². The quantitative estimate of drug-likeness (QED) is 0.306. The minimum absolute atomic E-state index is 0.237. The third kappa shape index (κ3) is 5.43. The number of fused-ring (bicyclic) bond motifs is 1. The number of carbonyl (C=O) groups is 1. The van der Waals surface area contributed by atoms with Crippen LogP contribution in [0.25, 0.3) is 0 Å². The molecule has 0 fully saturated rings. The normalized spacial score (nSPS) is 13.9. The van der Waals surface area contributed by atoms with Gasteiger partial charge in [0.2, 0.25) is 0 Å². The van der Waals surface area contributed by atoms with Crippen molar-refractivity contribution in [1.82, 2.24) is 9.88 Å². The van der Waals surface area contributed by atoms with E-state index in [1.807, 2.05) is 40.8 Å². The molecule has 2 aromatic rings. The Morgan fingerprint density at radius 1 is 1.00 bits per heavy atom. The van der Waals surface area contributed by atoms with E-state index in [1.54, 1.807) is 2.89 Å². The second-order valence-corrected chi connectivity index (χ2v) is 23.9. The number of hydrogen-bond donors (Lipinski definition) is 0. The summed E-state index contributed by atoms with van der Waals surface area (Å²) < 4.78 is 6.11. The molecule has 0 aliphatic carbocycles. The standard InChI is InChI=1S/C12H9N2OS.3C4H9.Sn/c15-12-10-3-6-16-11(10)8-14(12)7-9-1-4-13-5-2-9;3*1-3-4-2;/h1-5H,7-8H2;3*1,3-4H2,2H3;. The van der Waals surface area contributed by atoms with Crippen molar-refractivity contribution in [2.75, 3.05) is 0 Å². The fourth-order valence-corrected chi connectivity index (χ4v) is 25.0. The summed E-state index contributed by atoms with van der Waals surface area (Å²) in [6.07, 6.45) is 11.6. The molecule has 0 N–H and O–H groups in total. The van der Waals surface area contributed by atoms with E-state index < -0.39 is 18.4 Å². The summed E-state index contributed by atoms with van der Waals surface area (Å²) in [7, 11) is 0. The molecule has 0 saturated carbocycles. The van der Waals surface area contributed by atoms with Gasteiger partial charge in [0, 0.05) is 0 Å². The summed E-state index contributed by atoms with van der Waals surface area (Å²) in [6.45, 7) is 8.45. The second-order valence-electron chi connectivity index (χ2n) is 8.56. The summed E-state index contributed by atoms with van der Waals surface area (Å²) in [4.78, 5) is 20.5. The van der Waals surface area contributed by atoms with E-state index in [9.17, 15) is 4.79 Å². The van der Waals surface area contributed by atoms with Crippen LogP contribution in [0, 0.1) is 0 Å². The van der Waals surface area contributed by atoms with Gasteiger partial charge < -0.3 is 0 Å². The molecule has 3 rings (SSSR count). The minimum atomic E-state index is -2.43. The van der Waals surface area contributed by atoms with Gasteiger partial charge in [-0.25, -0.2) is 0 Å². The van der Waals surface area contributed by atoms with Gasteiger partial charge in [0.1, 0.15) is 0 Å². The zero-order chi connectivity index (χ0) is 20.7. The maximum absolute atomic E-state index is 13.1. The van der Waals surface area contributed by atoms with Gasteiger partial charge in [-0.3, -0.25) is 0 Å². The average molecular weight is 519 g/mol. The maximum atomic E-state index is 13.1. The van der Waals surface area contributed by atoms with Crippen molar-refractivity contribution in [2.45, 2.75) is 85.7 Å². The molecule has 0 atom stereocenters. The van der Waals surface area contributed by atoms with Crippen molar-refractivity contribution < 1.29 is 4.79 Å². The number of thiophene rings is 1. The van der Waals surface area contributed by atoms with Crippen LogP contribution in [-0.4, -0.2) is 34.2 Å². The van der Waals surface area contributed by atoms with Crippen molar-refractivity contribution in [1.29, 1.82) is 0 Å². The number of carbonyl (C=O) groups excluding carboxylic acids is 1. The van der Waals surface area contributed by atoms with Crippen LogP contribution in [0.4, 0.5) is 0 Å². The molecule has 3 nitrogen and oxygen atoms in total. The van der Waals surface area contributed by atoms with Gasteiger partial charge in [-0.1, -0.05) is 0 Å². The van der Waals surface area contributed by atoms with Crippen LogP contribution in [0.3, 0.4) is 0 Å². The first kappa shape index (κ1) is 22.8. The molecule has 5 heteroatoms. The van der Waals surface area contributed by atoms with Gasteiger partial charge >= 0.3 is 185 Å². The molecule has 3 heterocycles. The molecule has 0 bridgehead atoms. The Kier molecular flexibility index (Phi) is 8.60. The summed E-state index contributed by atoms with van der Waals surface area (Å²) in [5.74, 6) is 0.237. The van der Waals surface area contributed by atoms with Crippen LogP contribution in [0.5, 0.6) is 0 Å². The SMILES string of the molecule is CCC[CH2][Sn]([CH2]CCC)([CH2]CCC)[c]1cc2c(s1)CN(Cc1ccncc1)C2=O. The van der Waals surface area contributed by atoms with Crippen LogP contribution in [0.1, 0.15) is 80.1 Å². The summed E-state index contributed by atoms with van der Waals surface area (Å²) in [5.41, 5.74) is 2.18. The van der Waals surface area contributed by atoms with E-state index in [0.29, 0.717) is 6.54 Å². The fourth-order valence-electron chi connectivity index (χ4n) is 4.53. The van der Waals surface area contributed by atoms with E-state index in [4.69, 9.17) is 0 Å². The van der Waals surface area contributed by atoms with E-state index in [0.717, 1.165) is 17.7 Å². The Morgan fingerprint density at radius 3 is 2.10 bits per heavy atom. The molecular weight excluding hydrogens is 483 g/mol. The van der Waals surface area contributed by atoms with Gasteiger partial charge in [-0.15, -0.1) is 0 Å². The molecule has 1 aliphatic heterocycles. The van der Waals surface area contributed by atoms with Crippen LogP contribution in [0.2, 0.25) is 13.3 Å². The van der Waals surface area contributed by atoms with Gasteiger partial charge in [0.25, 0.3) is 0 Å². The number of rotatable bonds is 12. The number of pyridine rings is 1. The molecule has 0 radical (unpaired) electrons. The van der Waals surface area contributed by atoms with Gasteiger partial charge in [-0.2, -0.15) is 0 Å². The molecule has 0 saturated heterocycles. The topological polar surface area (TPSA) is 33.2 Å². The Morgan fingerprint density at radius 2 is 1.59 bits per heavy atom. The van der Waals surface area contributed by atoms with Crippen LogP contribution < -0.4 is 2.89 Å². The molecule has 0 spiro atoms. The number of nitrogens with zero attached hydrogens (tertiary/aromatic N) is 2. The first-order chi connectivity index (χ1) is 14.1. The van der Waals surface area contributed by atoms with Crippen LogP contribution >= 0.6 is 11.3 Å². The number of unbranched alkanes of at least 4 members (excludes halogenated alkanes) is 3. The number of aromatic nitrogens is 1. The first-order valence-corrected chi connectivity index (χ1v) is 19.7. The molecule has 0 aromatic carbocycles. The van der Waals surface area contributed by atoms with Crippen molar-refractivity contribution in [3.05, 3.63) is 46.6 Å². The zero-order valence-electron chi connectivity index (χ0n) is 18.4. The monoisotopic (exact) mass is 520 g/mol. The third-order valence-corrected chi connectivity index (χ3v) is 25.7. The second kappa shape index (κ2) is 10.9. The van der Waals surface area contributed by atoms with Gasteiger partial charge in [-0.05, 0) is 0 Å². The number of amides is 1. The summed E-state index contributed by atoms with van der Waals surface area (Å²) in [6, 6.07) is 6.38. The Labute approximate surface area is 184 Å². The Balaban J connectivity index is 1.82. The molecular formula is C24H36N2OSSn. The predicted octanol–water partition coefficient (Wildman–Crippen LogP) is 6.36. The molecule has 158 valence electrons. The van der Waals surface area contributed by atoms with E-state index in [2.05, 4.69) is 31.8 Å².